The summed E-state index contributed by atoms with van der Waals surface area (Å²) in [5.74, 6) is -2.68. The fourth-order valence-electron chi connectivity index (χ4n) is 4.80. The van der Waals surface area contributed by atoms with Crippen LogP contribution in [0, 0.1) is 11.8 Å². The van der Waals surface area contributed by atoms with Crippen molar-refractivity contribution in [1.29, 1.82) is 0 Å². The molecule has 10 heteroatoms. The molecule has 2 aromatic rings. The van der Waals surface area contributed by atoms with Crippen LogP contribution in [0.1, 0.15) is 75.1 Å². The van der Waals surface area contributed by atoms with Gasteiger partial charge in [0, 0.05) is 4.88 Å². The van der Waals surface area contributed by atoms with Crippen LogP contribution in [0.2, 0.25) is 0 Å². The summed E-state index contributed by atoms with van der Waals surface area (Å²) in [6, 6.07) is 5.22. The second-order valence-corrected chi connectivity index (χ2v) is 11.0. The summed E-state index contributed by atoms with van der Waals surface area (Å²) in [4.78, 5) is 66.1. The fraction of sp³-hybridized carbons (Fsp3) is 0.444. The monoisotopic (exact) mass is 526 g/mol. The zero-order valence-electron chi connectivity index (χ0n) is 21.3. The van der Waals surface area contributed by atoms with Crippen LogP contribution >= 0.6 is 11.3 Å². The van der Waals surface area contributed by atoms with E-state index in [0.717, 1.165) is 34.6 Å². The summed E-state index contributed by atoms with van der Waals surface area (Å²) in [6.07, 6.45) is 2.66. The molecule has 0 bridgehead atoms. The van der Waals surface area contributed by atoms with Gasteiger partial charge in [-0.2, -0.15) is 0 Å². The lowest BCUT2D eigenvalue weighted by atomic mass is 9.88. The van der Waals surface area contributed by atoms with Crippen LogP contribution in [0.15, 0.2) is 24.3 Å². The van der Waals surface area contributed by atoms with Gasteiger partial charge in [0.1, 0.15) is 11.0 Å². The van der Waals surface area contributed by atoms with Gasteiger partial charge in [-0.25, -0.2) is 9.59 Å². The molecule has 4 rings (SSSR count). The molecular weight excluding hydrogens is 496 g/mol. The highest BCUT2D eigenvalue weighted by Gasteiger charge is 2.43. The van der Waals surface area contributed by atoms with Gasteiger partial charge in [0.05, 0.1) is 23.8 Å². The predicted octanol–water partition coefficient (Wildman–Crippen LogP) is 3.85. The first-order valence-electron chi connectivity index (χ1n) is 12.3. The number of methoxy groups -OCH3 is 1. The normalized spacial score (nSPS) is 17.3. The average molecular weight is 527 g/mol. The summed E-state index contributed by atoms with van der Waals surface area (Å²) in [7, 11) is 1.29. The topological polar surface area (TPSA) is 119 Å². The number of benzene rings is 1. The molecule has 0 saturated heterocycles. The number of anilines is 1. The molecule has 0 fully saturated rings. The van der Waals surface area contributed by atoms with Crippen LogP contribution in [-0.2, 0) is 31.9 Å². The average Bonchev–Trinajstić information content (AvgIpc) is 3.34. The van der Waals surface area contributed by atoms with Crippen molar-refractivity contribution >= 4 is 46.0 Å². The Morgan fingerprint density at radius 1 is 1.14 bits per heavy atom. The zero-order valence-corrected chi connectivity index (χ0v) is 22.1. The first-order chi connectivity index (χ1) is 17.6. The van der Waals surface area contributed by atoms with Crippen LogP contribution in [-0.4, -0.2) is 54.3 Å². The summed E-state index contributed by atoms with van der Waals surface area (Å²) in [5.41, 5.74) is 1.71. The van der Waals surface area contributed by atoms with E-state index in [1.165, 1.54) is 18.4 Å². The van der Waals surface area contributed by atoms with Crippen LogP contribution in [0.5, 0.6) is 0 Å². The maximum atomic E-state index is 13.1. The second kappa shape index (κ2) is 10.8. The minimum atomic E-state index is -1.17. The molecule has 1 aromatic carbocycles. The van der Waals surface area contributed by atoms with Crippen molar-refractivity contribution in [3.63, 3.8) is 0 Å². The Hall–Kier alpha value is -3.53. The van der Waals surface area contributed by atoms with E-state index in [-0.39, 0.29) is 23.5 Å². The predicted molar refractivity (Wildman–Crippen MR) is 137 cm³/mol. The van der Waals surface area contributed by atoms with Gasteiger partial charge < -0.3 is 14.8 Å². The number of nitrogens with zero attached hydrogens (tertiary/aromatic N) is 1. The number of carbonyl (C=O) groups is 5. The minimum absolute atomic E-state index is 0.0295. The molecule has 1 aromatic heterocycles. The second-order valence-electron chi connectivity index (χ2n) is 9.87. The third-order valence-corrected chi connectivity index (χ3v) is 7.77. The molecule has 0 radical (unpaired) electrons. The van der Waals surface area contributed by atoms with Crippen LogP contribution < -0.4 is 5.32 Å². The SMILES string of the molecule is COC(=O)c1c(NC(=O)COC(=O)[C@H](CC(C)C)N2C(=O)c3ccccc3C2=O)sc2c1CC[C@H](C)C2. The molecule has 0 unspecified atom stereocenters. The van der Waals surface area contributed by atoms with E-state index >= 15 is 0 Å². The molecule has 1 aliphatic carbocycles. The largest absolute Gasteiger partial charge is 0.465 e. The van der Waals surface area contributed by atoms with Gasteiger partial charge in [0.2, 0.25) is 0 Å². The Morgan fingerprint density at radius 2 is 1.78 bits per heavy atom. The summed E-state index contributed by atoms with van der Waals surface area (Å²) >= 11 is 1.33. The zero-order chi connectivity index (χ0) is 26.9. The Balaban J connectivity index is 1.47. The Kier molecular flexibility index (Phi) is 7.77. The highest BCUT2D eigenvalue weighted by molar-refractivity contribution is 7.17. The number of amides is 3. The van der Waals surface area contributed by atoms with E-state index < -0.39 is 42.3 Å². The Labute approximate surface area is 219 Å². The van der Waals surface area contributed by atoms with E-state index in [9.17, 15) is 24.0 Å². The van der Waals surface area contributed by atoms with Gasteiger partial charge >= 0.3 is 11.9 Å². The number of hydrogen-bond donors (Lipinski definition) is 1. The molecular formula is C27H30N2O7S. The van der Waals surface area contributed by atoms with Crippen molar-refractivity contribution in [1.82, 2.24) is 4.90 Å². The van der Waals surface area contributed by atoms with Gasteiger partial charge in [0.25, 0.3) is 17.7 Å². The minimum Gasteiger partial charge on any atom is -0.465 e. The van der Waals surface area contributed by atoms with Crippen molar-refractivity contribution in [2.24, 2.45) is 11.8 Å². The van der Waals surface area contributed by atoms with E-state index in [2.05, 4.69) is 12.2 Å². The van der Waals surface area contributed by atoms with Gasteiger partial charge in [-0.05, 0) is 55.2 Å². The molecule has 1 aliphatic heterocycles. The maximum absolute atomic E-state index is 13.1. The number of esters is 2. The molecule has 1 N–H and O–H groups in total. The third-order valence-electron chi connectivity index (χ3n) is 6.60. The molecule has 9 nitrogen and oxygen atoms in total. The summed E-state index contributed by atoms with van der Waals surface area (Å²) in [5, 5.41) is 3.05. The quantitative estimate of drug-likeness (QED) is 0.410. The fourth-order valence-corrected chi connectivity index (χ4v) is 6.21. The lowest BCUT2D eigenvalue weighted by molar-refractivity contribution is -0.151. The number of fused-ring (bicyclic) bond motifs is 2. The molecule has 3 amide bonds. The Morgan fingerprint density at radius 3 is 2.38 bits per heavy atom. The number of rotatable bonds is 8. The number of carbonyl (C=O) groups excluding carboxylic acids is 5. The first kappa shape index (κ1) is 26.5. The van der Waals surface area contributed by atoms with E-state index in [1.54, 1.807) is 24.3 Å². The summed E-state index contributed by atoms with van der Waals surface area (Å²) in [6.45, 7) is 5.23. The van der Waals surface area contributed by atoms with Gasteiger partial charge in [0.15, 0.2) is 6.61 Å². The summed E-state index contributed by atoms with van der Waals surface area (Å²) < 4.78 is 10.2. The number of thiophene rings is 1. The lowest BCUT2D eigenvalue weighted by Crippen LogP contribution is -2.46. The highest BCUT2D eigenvalue weighted by Crippen LogP contribution is 2.40. The number of nitrogens with one attached hydrogen (secondary N) is 1. The third kappa shape index (κ3) is 5.29. The van der Waals surface area contributed by atoms with Crippen LogP contribution in [0.3, 0.4) is 0 Å². The van der Waals surface area contributed by atoms with Crippen molar-refractivity contribution in [3.8, 4) is 0 Å². The van der Waals surface area contributed by atoms with Crippen LogP contribution in [0.4, 0.5) is 5.00 Å². The van der Waals surface area contributed by atoms with Gasteiger partial charge in [-0.15, -0.1) is 11.3 Å². The smallest absolute Gasteiger partial charge is 0.341 e. The van der Waals surface area contributed by atoms with E-state index in [1.807, 2.05) is 13.8 Å². The number of ether oxygens (including phenoxy) is 2. The molecule has 2 atom stereocenters. The molecule has 0 saturated carbocycles. The number of imide groups is 1. The molecule has 0 spiro atoms. The van der Waals surface area contributed by atoms with E-state index in [4.69, 9.17) is 9.47 Å². The number of hydrogen-bond acceptors (Lipinski definition) is 8. The highest BCUT2D eigenvalue weighted by atomic mass is 32.1. The molecule has 196 valence electrons. The molecule has 2 heterocycles. The van der Waals surface area contributed by atoms with Gasteiger partial charge in [-0.1, -0.05) is 32.9 Å². The lowest BCUT2D eigenvalue weighted by Gasteiger charge is -2.25. The van der Waals surface area contributed by atoms with Crippen molar-refractivity contribution in [3.05, 3.63) is 51.4 Å². The maximum Gasteiger partial charge on any atom is 0.341 e. The molecule has 2 aliphatic rings. The van der Waals surface area contributed by atoms with Crippen molar-refractivity contribution < 1.29 is 33.4 Å². The van der Waals surface area contributed by atoms with E-state index in [0.29, 0.717) is 16.5 Å². The Bertz CT molecular complexity index is 1230. The van der Waals surface area contributed by atoms with Gasteiger partial charge in [-0.3, -0.25) is 19.3 Å². The first-order valence-corrected chi connectivity index (χ1v) is 13.1. The standard InChI is InChI=1S/C27H30N2O7S/c1-14(2)11-19(29-24(31)16-7-5-6-8-17(16)25(29)32)26(33)36-13-21(30)28-23-22(27(34)35-4)18-10-9-15(3)12-20(18)37-23/h5-8,14-15,19H,9-13H2,1-4H3,(H,28,30)/t15-,19-/m0/s1. The molecule has 37 heavy (non-hydrogen) atoms. The van der Waals surface area contributed by atoms with Crippen molar-refractivity contribution in [2.75, 3.05) is 19.0 Å². The van der Waals surface area contributed by atoms with Crippen molar-refractivity contribution in [2.45, 2.75) is 52.5 Å². The van der Waals surface area contributed by atoms with Crippen LogP contribution in [0.25, 0.3) is 0 Å².